The average molecular weight is 408 g/mol. The Hall–Kier alpha value is -4.19. The van der Waals surface area contributed by atoms with Crippen LogP contribution in [0, 0.1) is 6.92 Å². The number of para-hydroxylation sites is 1. The number of aromatic amines is 1. The first-order chi connectivity index (χ1) is 15.0. The zero-order valence-corrected chi connectivity index (χ0v) is 17.2. The minimum atomic E-state index is -0.250. The lowest BCUT2D eigenvalue weighted by molar-refractivity contribution is -0.114. The van der Waals surface area contributed by atoms with Crippen molar-refractivity contribution in [3.63, 3.8) is 0 Å². The van der Waals surface area contributed by atoms with Gasteiger partial charge in [-0.05, 0) is 43.5 Å². The molecule has 0 bridgehead atoms. The predicted octanol–water partition coefficient (Wildman–Crippen LogP) is 4.43. The first kappa shape index (κ1) is 18.8. The number of carbonyl (C=O) groups is 1. The smallest absolute Gasteiger partial charge is 0.280 e. The van der Waals surface area contributed by atoms with E-state index in [2.05, 4.69) is 10.2 Å². The van der Waals surface area contributed by atoms with Crippen LogP contribution in [0.1, 0.15) is 18.2 Å². The molecule has 0 spiro atoms. The maximum absolute atomic E-state index is 13.3. The molecule has 1 aliphatic rings. The van der Waals surface area contributed by atoms with E-state index in [1.165, 1.54) is 9.69 Å². The van der Waals surface area contributed by atoms with Crippen molar-refractivity contribution < 1.29 is 4.79 Å². The Labute approximate surface area is 178 Å². The first-order valence-electron chi connectivity index (χ1n) is 10.0. The largest absolute Gasteiger partial charge is 0.295 e. The summed E-state index contributed by atoms with van der Waals surface area (Å²) >= 11 is 0. The molecule has 1 aromatic heterocycles. The number of hydrogen-bond acceptors (Lipinski definition) is 3. The summed E-state index contributed by atoms with van der Waals surface area (Å²) in [6.45, 7) is 3.61. The van der Waals surface area contributed by atoms with Crippen molar-refractivity contribution in [1.82, 2.24) is 9.78 Å². The van der Waals surface area contributed by atoms with Crippen molar-refractivity contribution in [2.24, 2.45) is 5.10 Å². The lowest BCUT2D eigenvalue weighted by Crippen LogP contribution is -2.21. The van der Waals surface area contributed by atoms with Gasteiger partial charge in [0.15, 0.2) is 0 Å². The van der Waals surface area contributed by atoms with Gasteiger partial charge in [-0.1, -0.05) is 54.6 Å². The standard InChI is InChI=1S/C25H20N4O2/c1-16-21(24(30)28(26-16)19-11-4-3-5-12-19)15-22-17(2)27-29(25(22)31)23-14-8-10-18-9-6-7-13-20(18)23/h3-15,27H,1-2H3/b21-15-. The van der Waals surface area contributed by atoms with Crippen molar-refractivity contribution >= 4 is 34.2 Å². The van der Waals surface area contributed by atoms with E-state index in [0.717, 1.165) is 16.5 Å². The molecule has 6 heteroatoms. The number of aryl methyl sites for hydroxylation is 1. The van der Waals surface area contributed by atoms with Gasteiger partial charge in [-0.15, -0.1) is 0 Å². The maximum atomic E-state index is 13.3. The average Bonchev–Trinajstić information content (AvgIpc) is 3.24. The normalized spacial score (nSPS) is 15.2. The molecular formula is C25H20N4O2. The molecule has 152 valence electrons. The van der Waals surface area contributed by atoms with E-state index in [0.29, 0.717) is 28.2 Å². The van der Waals surface area contributed by atoms with Crippen LogP contribution in [0.3, 0.4) is 0 Å². The minimum Gasteiger partial charge on any atom is -0.295 e. The van der Waals surface area contributed by atoms with Gasteiger partial charge in [0, 0.05) is 11.1 Å². The summed E-state index contributed by atoms with van der Waals surface area (Å²) in [5.74, 6) is -0.250. The molecule has 0 saturated carbocycles. The molecule has 0 saturated heterocycles. The van der Waals surface area contributed by atoms with Gasteiger partial charge in [0.05, 0.1) is 28.2 Å². The van der Waals surface area contributed by atoms with Crippen molar-refractivity contribution in [3.05, 3.63) is 100.0 Å². The lowest BCUT2D eigenvalue weighted by Gasteiger charge is -2.10. The first-order valence-corrected chi connectivity index (χ1v) is 10.0. The van der Waals surface area contributed by atoms with Crippen LogP contribution < -0.4 is 10.6 Å². The Morgan fingerprint density at radius 2 is 1.58 bits per heavy atom. The van der Waals surface area contributed by atoms with Gasteiger partial charge in [-0.25, -0.2) is 4.68 Å². The monoisotopic (exact) mass is 408 g/mol. The summed E-state index contributed by atoms with van der Waals surface area (Å²) < 4.78 is 1.53. The topological polar surface area (TPSA) is 70.5 Å². The Bertz CT molecular complexity index is 1440. The van der Waals surface area contributed by atoms with E-state index in [1.54, 1.807) is 13.0 Å². The molecule has 31 heavy (non-hydrogen) atoms. The number of aromatic nitrogens is 2. The molecule has 4 aromatic rings. The molecule has 6 nitrogen and oxygen atoms in total. The second kappa shape index (κ2) is 7.25. The zero-order valence-electron chi connectivity index (χ0n) is 17.2. The molecule has 3 aromatic carbocycles. The highest BCUT2D eigenvalue weighted by atomic mass is 16.2. The highest BCUT2D eigenvalue weighted by molar-refractivity contribution is 6.32. The number of benzene rings is 3. The summed E-state index contributed by atoms with van der Waals surface area (Å²) in [7, 11) is 0. The van der Waals surface area contributed by atoms with Crippen molar-refractivity contribution in [1.29, 1.82) is 0 Å². The van der Waals surface area contributed by atoms with Crippen LogP contribution in [-0.2, 0) is 4.79 Å². The number of amides is 1. The third kappa shape index (κ3) is 3.09. The van der Waals surface area contributed by atoms with Gasteiger partial charge >= 0.3 is 0 Å². The Kier molecular flexibility index (Phi) is 4.40. The number of hydrogen-bond donors (Lipinski definition) is 1. The molecule has 0 fully saturated rings. The van der Waals surface area contributed by atoms with Crippen LogP contribution in [0.5, 0.6) is 0 Å². The van der Waals surface area contributed by atoms with Gasteiger partial charge in [0.25, 0.3) is 11.5 Å². The summed E-state index contributed by atoms with van der Waals surface area (Å²) in [4.78, 5) is 26.3. The fraction of sp³-hybridized carbons (Fsp3) is 0.0800. The molecule has 0 radical (unpaired) electrons. The summed E-state index contributed by atoms with van der Waals surface area (Å²) in [6.07, 6.45) is 1.64. The van der Waals surface area contributed by atoms with Gasteiger partial charge in [-0.2, -0.15) is 10.1 Å². The van der Waals surface area contributed by atoms with Gasteiger partial charge < -0.3 is 0 Å². The van der Waals surface area contributed by atoms with Crippen LogP contribution in [0.4, 0.5) is 5.69 Å². The number of fused-ring (bicyclic) bond motifs is 1. The number of nitrogens with zero attached hydrogens (tertiary/aromatic N) is 3. The molecule has 5 rings (SSSR count). The highest BCUT2D eigenvalue weighted by Gasteiger charge is 2.29. The molecule has 1 amide bonds. The fourth-order valence-corrected chi connectivity index (χ4v) is 3.88. The van der Waals surface area contributed by atoms with E-state index >= 15 is 0 Å². The van der Waals surface area contributed by atoms with Crippen LogP contribution in [0.25, 0.3) is 22.5 Å². The van der Waals surface area contributed by atoms with Crippen molar-refractivity contribution in [2.75, 3.05) is 5.01 Å². The predicted molar refractivity (Wildman–Crippen MR) is 124 cm³/mol. The summed E-state index contributed by atoms with van der Waals surface area (Å²) in [5, 5.41) is 10.9. The number of H-pyrrole nitrogens is 1. The second-order valence-corrected chi connectivity index (χ2v) is 7.49. The molecule has 0 aliphatic carbocycles. The SMILES string of the molecule is CC1=NN(c2ccccc2)C(=O)/C1=C\c1c(C)[nH]n(-c2cccc3ccccc23)c1=O. The number of anilines is 1. The Morgan fingerprint density at radius 3 is 2.39 bits per heavy atom. The van der Waals surface area contributed by atoms with Crippen molar-refractivity contribution in [2.45, 2.75) is 13.8 Å². The van der Waals surface area contributed by atoms with E-state index < -0.39 is 0 Å². The minimum absolute atomic E-state index is 0.208. The van der Waals surface area contributed by atoms with Crippen LogP contribution in [-0.4, -0.2) is 21.4 Å². The molecule has 0 atom stereocenters. The quantitative estimate of drug-likeness (QED) is 0.510. The second-order valence-electron chi connectivity index (χ2n) is 7.49. The highest BCUT2D eigenvalue weighted by Crippen LogP contribution is 2.25. The van der Waals surface area contributed by atoms with Gasteiger partial charge in [0.1, 0.15) is 0 Å². The van der Waals surface area contributed by atoms with E-state index in [-0.39, 0.29) is 11.5 Å². The Morgan fingerprint density at radius 1 is 0.871 bits per heavy atom. The van der Waals surface area contributed by atoms with Gasteiger partial charge in [-0.3, -0.25) is 14.7 Å². The van der Waals surface area contributed by atoms with Gasteiger partial charge in [0.2, 0.25) is 0 Å². The number of rotatable bonds is 3. The van der Waals surface area contributed by atoms with E-state index in [9.17, 15) is 9.59 Å². The Balaban J connectivity index is 1.59. The number of carbonyl (C=O) groups excluding carboxylic acids is 1. The summed E-state index contributed by atoms with van der Waals surface area (Å²) in [6, 6.07) is 23.0. The molecule has 1 aliphatic heterocycles. The number of hydrazone groups is 1. The van der Waals surface area contributed by atoms with Crippen LogP contribution in [0.2, 0.25) is 0 Å². The molecule has 1 N–H and O–H groups in total. The molecular weight excluding hydrogens is 388 g/mol. The molecule has 0 unspecified atom stereocenters. The van der Waals surface area contributed by atoms with Crippen molar-refractivity contribution in [3.8, 4) is 5.69 Å². The zero-order chi connectivity index (χ0) is 21.5. The van der Waals surface area contributed by atoms with Crippen LogP contribution >= 0.6 is 0 Å². The van der Waals surface area contributed by atoms with E-state index in [1.807, 2.05) is 79.7 Å². The third-order valence-electron chi connectivity index (χ3n) is 5.48. The number of nitrogens with one attached hydrogen (secondary N) is 1. The van der Waals surface area contributed by atoms with Crippen LogP contribution in [0.15, 0.2) is 88.3 Å². The van der Waals surface area contributed by atoms with E-state index in [4.69, 9.17) is 0 Å². The maximum Gasteiger partial charge on any atom is 0.280 e. The molecule has 2 heterocycles. The fourth-order valence-electron chi connectivity index (χ4n) is 3.88. The third-order valence-corrected chi connectivity index (χ3v) is 5.48. The summed E-state index contributed by atoms with van der Waals surface area (Å²) in [5.41, 5.74) is 3.36. The lowest BCUT2D eigenvalue weighted by atomic mass is 10.1.